The molecule has 2 N–H and O–H groups in total. The molecule has 0 aliphatic carbocycles. The quantitative estimate of drug-likeness (QED) is 0.761. The van der Waals surface area contributed by atoms with Crippen molar-refractivity contribution in [2.75, 3.05) is 6.54 Å². The minimum absolute atomic E-state index is 0.234. The van der Waals surface area contributed by atoms with Crippen LogP contribution >= 0.6 is 0 Å². The molecule has 0 spiro atoms. The van der Waals surface area contributed by atoms with Crippen LogP contribution in [0.25, 0.3) is 0 Å². The fourth-order valence-electron chi connectivity index (χ4n) is 1.61. The molecule has 0 saturated carbocycles. The Bertz CT molecular complexity index is 329. The zero-order valence-electron chi connectivity index (χ0n) is 9.38. The highest BCUT2D eigenvalue weighted by atomic mass is 19.3. The molecule has 0 amide bonds. The summed E-state index contributed by atoms with van der Waals surface area (Å²) in [6.45, 7) is -0.240. The minimum atomic E-state index is -2.77. The van der Waals surface area contributed by atoms with Gasteiger partial charge < -0.3 is 10.5 Å². The van der Waals surface area contributed by atoms with Gasteiger partial charge in [-0.15, -0.1) is 0 Å². The van der Waals surface area contributed by atoms with Gasteiger partial charge in [0.15, 0.2) is 0 Å². The Morgan fingerprint density at radius 1 is 1.25 bits per heavy atom. The lowest BCUT2D eigenvalue weighted by molar-refractivity contribution is -0.0499. The van der Waals surface area contributed by atoms with Crippen molar-refractivity contribution in [3.8, 4) is 5.75 Å². The van der Waals surface area contributed by atoms with Crippen molar-refractivity contribution in [3.63, 3.8) is 0 Å². The van der Waals surface area contributed by atoms with Crippen LogP contribution < -0.4 is 10.5 Å². The monoisotopic (exact) mass is 229 g/mol. The van der Waals surface area contributed by atoms with Gasteiger partial charge in [0.2, 0.25) is 0 Å². The zero-order valence-corrected chi connectivity index (χ0v) is 9.38. The van der Waals surface area contributed by atoms with Crippen molar-refractivity contribution in [3.05, 3.63) is 29.3 Å². The maximum atomic E-state index is 12.1. The molecule has 2 nitrogen and oxygen atoms in total. The molecule has 0 unspecified atom stereocenters. The van der Waals surface area contributed by atoms with Gasteiger partial charge in [-0.1, -0.05) is 6.07 Å². The van der Waals surface area contributed by atoms with Crippen LogP contribution in [0.5, 0.6) is 5.75 Å². The van der Waals surface area contributed by atoms with Crippen LogP contribution in [0.15, 0.2) is 18.2 Å². The Morgan fingerprint density at radius 2 is 2.00 bits per heavy atom. The smallest absolute Gasteiger partial charge is 0.387 e. The molecule has 0 saturated heterocycles. The number of alkyl halides is 2. The Morgan fingerprint density at radius 3 is 2.62 bits per heavy atom. The summed E-state index contributed by atoms with van der Waals surface area (Å²) in [5.41, 5.74) is 7.34. The van der Waals surface area contributed by atoms with Gasteiger partial charge in [0, 0.05) is 0 Å². The number of hydrogen-bond donors (Lipinski definition) is 1. The lowest BCUT2D eigenvalue weighted by Gasteiger charge is -2.08. The minimum Gasteiger partial charge on any atom is -0.435 e. The second-order valence-corrected chi connectivity index (χ2v) is 3.78. The Kier molecular flexibility index (Phi) is 5.19. The van der Waals surface area contributed by atoms with E-state index in [0.29, 0.717) is 6.54 Å². The van der Waals surface area contributed by atoms with Gasteiger partial charge in [0.05, 0.1) is 0 Å². The summed E-state index contributed by atoms with van der Waals surface area (Å²) in [5.74, 6) is 0.234. The Hall–Kier alpha value is -1.16. The molecule has 1 aromatic rings. The summed E-state index contributed by atoms with van der Waals surface area (Å²) in [7, 11) is 0. The average molecular weight is 229 g/mol. The molecule has 0 radical (unpaired) electrons. The van der Waals surface area contributed by atoms with E-state index in [4.69, 9.17) is 5.73 Å². The van der Waals surface area contributed by atoms with Crippen molar-refractivity contribution in [1.29, 1.82) is 0 Å². The third-order valence-corrected chi connectivity index (χ3v) is 2.26. The average Bonchev–Trinajstić information content (AvgIpc) is 2.16. The number of benzene rings is 1. The molecule has 0 bridgehead atoms. The van der Waals surface area contributed by atoms with E-state index in [1.807, 2.05) is 13.0 Å². The summed E-state index contributed by atoms with van der Waals surface area (Å²) in [6.07, 6.45) is 2.76. The molecule has 4 heteroatoms. The van der Waals surface area contributed by atoms with Gasteiger partial charge in [0.1, 0.15) is 5.75 Å². The maximum Gasteiger partial charge on any atom is 0.387 e. The van der Waals surface area contributed by atoms with E-state index < -0.39 is 6.61 Å². The highest BCUT2D eigenvalue weighted by molar-refractivity contribution is 5.33. The third-order valence-electron chi connectivity index (χ3n) is 2.26. The van der Waals surface area contributed by atoms with E-state index in [9.17, 15) is 8.78 Å². The normalized spacial score (nSPS) is 10.8. The topological polar surface area (TPSA) is 35.2 Å². The van der Waals surface area contributed by atoms with E-state index in [2.05, 4.69) is 4.74 Å². The molecular formula is C12H17F2NO. The number of aryl methyl sites for hydroxylation is 2. The fraction of sp³-hybridized carbons (Fsp3) is 0.500. The SMILES string of the molecule is Cc1cc(CCCCN)cc(OC(F)F)c1. The van der Waals surface area contributed by atoms with Crippen molar-refractivity contribution in [2.45, 2.75) is 32.8 Å². The number of hydrogen-bond acceptors (Lipinski definition) is 2. The number of ether oxygens (including phenoxy) is 1. The van der Waals surface area contributed by atoms with Crippen LogP contribution in [0.4, 0.5) is 8.78 Å². The molecule has 0 heterocycles. The second-order valence-electron chi connectivity index (χ2n) is 3.78. The first-order valence-corrected chi connectivity index (χ1v) is 5.37. The standard InChI is InChI=1S/C12H17F2NO/c1-9-6-10(4-2-3-5-15)8-11(7-9)16-12(13)14/h6-8,12H,2-5,15H2,1H3. The maximum absolute atomic E-state index is 12.1. The molecule has 16 heavy (non-hydrogen) atoms. The first kappa shape index (κ1) is 12.9. The Labute approximate surface area is 94.4 Å². The third kappa shape index (κ3) is 4.57. The molecule has 0 aliphatic heterocycles. The van der Waals surface area contributed by atoms with E-state index in [1.54, 1.807) is 12.1 Å². The summed E-state index contributed by atoms with van der Waals surface area (Å²) < 4.78 is 28.5. The van der Waals surface area contributed by atoms with E-state index in [0.717, 1.165) is 30.4 Å². The van der Waals surface area contributed by atoms with Gasteiger partial charge in [-0.25, -0.2) is 0 Å². The molecule has 1 rings (SSSR count). The zero-order chi connectivity index (χ0) is 12.0. The van der Waals surface area contributed by atoms with Gasteiger partial charge in [-0.05, 0) is 56.0 Å². The summed E-state index contributed by atoms with van der Waals surface area (Å²) in [6, 6.07) is 5.25. The molecule has 0 aliphatic rings. The molecule has 90 valence electrons. The van der Waals surface area contributed by atoms with Crippen LogP contribution in [0.2, 0.25) is 0 Å². The molecule has 1 aromatic carbocycles. The van der Waals surface area contributed by atoms with E-state index in [-0.39, 0.29) is 5.75 Å². The number of unbranched alkanes of at least 4 members (excludes halogenated alkanes) is 1. The number of nitrogens with two attached hydrogens (primary N) is 1. The van der Waals surface area contributed by atoms with Crippen molar-refractivity contribution in [2.24, 2.45) is 5.73 Å². The highest BCUT2D eigenvalue weighted by Gasteiger charge is 2.05. The van der Waals surface area contributed by atoms with E-state index >= 15 is 0 Å². The lowest BCUT2D eigenvalue weighted by Crippen LogP contribution is -2.03. The first-order valence-electron chi connectivity index (χ1n) is 5.37. The van der Waals surface area contributed by atoms with Gasteiger partial charge in [-0.2, -0.15) is 8.78 Å². The largest absolute Gasteiger partial charge is 0.435 e. The fourth-order valence-corrected chi connectivity index (χ4v) is 1.61. The van der Waals surface area contributed by atoms with E-state index in [1.165, 1.54) is 0 Å². The number of halogens is 2. The van der Waals surface area contributed by atoms with Gasteiger partial charge in [0.25, 0.3) is 0 Å². The predicted molar refractivity (Wildman–Crippen MR) is 59.8 cm³/mol. The van der Waals surface area contributed by atoms with Crippen molar-refractivity contribution in [1.82, 2.24) is 0 Å². The van der Waals surface area contributed by atoms with Gasteiger partial charge in [-0.3, -0.25) is 0 Å². The molecule has 0 aromatic heterocycles. The van der Waals surface area contributed by atoms with Crippen LogP contribution in [-0.4, -0.2) is 13.2 Å². The second kappa shape index (κ2) is 6.43. The summed E-state index contributed by atoms with van der Waals surface area (Å²) >= 11 is 0. The number of rotatable bonds is 6. The lowest BCUT2D eigenvalue weighted by atomic mass is 10.1. The van der Waals surface area contributed by atoms with Crippen LogP contribution in [0, 0.1) is 6.92 Å². The van der Waals surface area contributed by atoms with Crippen molar-refractivity contribution < 1.29 is 13.5 Å². The van der Waals surface area contributed by atoms with Crippen LogP contribution in [0.1, 0.15) is 24.0 Å². The highest BCUT2D eigenvalue weighted by Crippen LogP contribution is 2.20. The Balaban J connectivity index is 2.65. The molecule has 0 fully saturated rings. The van der Waals surface area contributed by atoms with Crippen LogP contribution in [-0.2, 0) is 6.42 Å². The van der Waals surface area contributed by atoms with Crippen LogP contribution in [0.3, 0.4) is 0 Å². The molecular weight excluding hydrogens is 212 g/mol. The summed E-state index contributed by atoms with van der Waals surface area (Å²) in [5, 5.41) is 0. The first-order chi connectivity index (χ1) is 7.61. The predicted octanol–water partition coefficient (Wildman–Crippen LogP) is 2.88. The van der Waals surface area contributed by atoms with Gasteiger partial charge >= 0.3 is 6.61 Å². The molecule has 0 atom stereocenters. The van der Waals surface area contributed by atoms with Crippen molar-refractivity contribution >= 4 is 0 Å². The summed E-state index contributed by atoms with van der Waals surface area (Å²) in [4.78, 5) is 0.